The summed E-state index contributed by atoms with van der Waals surface area (Å²) in [6.07, 6.45) is 2.40. The standard InChI is InChI=1S/C13H20BrN3O2/c1-3-10-12(14)11(16(2)15-10)8-17-6-4-9(5-7-17)13(18)19/h9H,3-8H2,1-2H3,(H,18,19). The Kier molecular flexibility index (Phi) is 4.62. The van der Waals surface area contributed by atoms with Crippen molar-refractivity contribution in [1.82, 2.24) is 14.7 Å². The molecule has 0 aromatic carbocycles. The molecular weight excluding hydrogens is 310 g/mol. The average Bonchev–Trinajstić information content (AvgIpc) is 2.67. The minimum absolute atomic E-state index is 0.169. The Balaban J connectivity index is 1.99. The van der Waals surface area contributed by atoms with Gasteiger partial charge in [-0.3, -0.25) is 14.4 Å². The van der Waals surface area contributed by atoms with Crippen molar-refractivity contribution in [1.29, 1.82) is 0 Å². The van der Waals surface area contributed by atoms with Crippen LogP contribution in [0.25, 0.3) is 0 Å². The van der Waals surface area contributed by atoms with E-state index in [1.54, 1.807) is 0 Å². The van der Waals surface area contributed by atoms with Crippen LogP contribution in [0.5, 0.6) is 0 Å². The number of rotatable bonds is 4. The maximum atomic E-state index is 10.9. The molecule has 0 spiro atoms. The molecule has 106 valence electrons. The molecular formula is C13H20BrN3O2. The predicted molar refractivity (Wildman–Crippen MR) is 75.9 cm³/mol. The first-order chi connectivity index (χ1) is 9.02. The number of piperidine rings is 1. The van der Waals surface area contributed by atoms with Gasteiger partial charge >= 0.3 is 5.97 Å². The molecule has 0 atom stereocenters. The third-order valence-electron chi connectivity index (χ3n) is 3.81. The largest absolute Gasteiger partial charge is 0.481 e. The highest BCUT2D eigenvalue weighted by molar-refractivity contribution is 9.10. The topological polar surface area (TPSA) is 58.4 Å². The molecule has 0 radical (unpaired) electrons. The molecule has 0 bridgehead atoms. The summed E-state index contributed by atoms with van der Waals surface area (Å²) in [5, 5.41) is 13.5. The predicted octanol–water partition coefficient (Wildman–Crippen LogP) is 2.04. The number of halogens is 1. The van der Waals surface area contributed by atoms with Crippen molar-refractivity contribution < 1.29 is 9.90 Å². The van der Waals surface area contributed by atoms with Gasteiger partial charge in [0.1, 0.15) is 0 Å². The summed E-state index contributed by atoms with van der Waals surface area (Å²) in [5.41, 5.74) is 2.25. The highest BCUT2D eigenvalue weighted by Crippen LogP contribution is 2.25. The second-order valence-electron chi connectivity index (χ2n) is 5.07. The van der Waals surface area contributed by atoms with E-state index in [1.807, 2.05) is 11.7 Å². The zero-order valence-corrected chi connectivity index (χ0v) is 13.0. The lowest BCUT2D eigenvalue weighted by atomic mass is 9.97. The molecule has 1 aliphatic heterocycles. The lowest BCUT2D eigenvalue weighted by Crippen LogP contribution is -2.36. The van der Waals surface area contributed by atoms with Crippen molar-refractivity contribution >= 4 is 21.9 Å². The molecule has 1 aliphatic rings. The number of likely N-dealkylation sites (tertiary alicyclic amines) is 1. The van der Waals surface area contributed by atoms with E-state index in [4.69, 9.17) is 5.11 Å². The number of aryl methyl sites for hydroxylation is 2. The quantitative estimate of drug-likeness (QED) is 0.918. The normalized spacial score (nSPS) is 17.8. The first kappa shape index (κ1) is 14.5. The molecule has 1 saturated heterocycles. The number of carboxylic acids is 1. The number of aliphatic carboxylic acids is 1. The first-order valence-electron chi connectivity index (χ1n) is 6.68. The van der Waals surface area contributed by atoms with Crippen molar-refractivity contribution in [3.05, 3.63) is 15.9 Å². The summed E-state index contributed by atoms with van der Waals surface area (Å²) in [6, 6.07) is 0. The van der Waals surface area contributed by atoms with Crippen molar-refractivity contribution in [3.63, 3.8) is 0 Å². The van der Waals surface area contributed by atoms with Gasteiger partial charge in [-0.1, -0.05) is 6.92 Å². The van der Waals surface area contributed by atoms with Crippen LogP contribution >= 0.6 is 15.9 Å². The van der Waals surface area contributed by atoms with Crippen LogP contribution in [0.4, 0.5) is 0 Å². The molecule has 0 unspecified atom stereocenters. The monoisotopic (exact) mass is 329 g/mol. The third-order valence-corrected chi connectivity index (χ3v) is 4.73. The Hall–Kier alpha value is -0.880. The zero-order chi connectivity index (χ0) is 14.0. The number of carboxylic acid groups (broad SMARTS) is 1. The fourth-order valence-electron chi connectivity index (χ4n) is 2.54. The molecule has 1 aromatic rings. The summed E-state index contributed by atoms with van der Waals surface area (Å²) in [4.78, 5) is 13.2. The van der Waals surface area contributed by atoms with Gasteiger partial charge in [0, 0.05) is 13.6 Å². The molecule has 1 N–H and O–H groups in total. The van der Waals surface area contributed by atoms with Gasteiger partial charge < -0.3 is 5.11 Å². The molecule has 2 heterocycles. The molecule has 0 saturated carbocycles. The minimum atomic E-state index is -0.658. The molecule has 2 rings (SSSR count). The van der Waals surface area contributed by atoms with Gasteiger partial charge in [-0.05, 0) is 48.3 Å². The summed E-state index contributed by atoms with van der Waals surface area (Å²) in [6.45, 7) is 4.61. The van der Waals surface area contributed by atoms with Crippen LogP contribution in [0, 0.1) is 5.92 Å². The SMILES string of the molecule is CCc1nn(C)c(CN2CCC(C(=O)O)CC2)c1Br. The zero-order valence-electron chi connectivity index (χ0n) is 11.4. The lowest BCUT2D eigenvalue weighted by molar-refractivity contribution is -0.143. The number of hydrogen-bond donors (Lipinski definition) is 1. The molecule has 5 nitrogen and oxygen atoms in total. The van der Waals surface area contributed by atoms with E-state index in [2.05, 4.69) is 32.9 Å². The van der Waals surface area contributed by atoms with E-state index in [9.17, 15) is 4.79 Å². The van der Waals surface area contributed by atoms with Gasteiger partial charge in [-0.15, -0.1) is 0 Å². The van der Waals surface area contributed by atoms with Gasteiger partial charge in [-0.25, -0.2) is 0 Å². The Labute approximate surface area is 121 Å². The Bertz CT molecular complexity index is 465. The van der Waals surface area contributed by atoms with Crippen LogP contribution in [0.3, 0.4) is 0 Å². The van der Waals surface area contributed by atoms with Crippen molar-refractivity contribution in [3.8, 4) is 0 Å². The second kappa shape index (κ2) is 6.05. The Morgan fingerprint density at radius 3 is 2.58 bits per heavy atom. The first-order valence-corrected chi connectivity index (χ1v) is 7.47. The number of hydrogen-bond acceptors (Lipinski definition) is 3. The van der Waals surface area contributed by atoms with Crippen molar-refractivity contribution in [2.75, 3.05) is 13.1 Å². The van der Waals surface area contributed by atoms with Crippen LogP contribution in [0.1, 0.15) is 31.2 Å². The molecule has 1 aromatic heterocycles. The average molecular weight is 330 g/mol. The van der Waals surface area contributed by atoms with Crippen LogP contribution in [0.2, 0.25) is 0 Å². The minimum Gasteiger partial charge on any atom is -0.481 e. The maximum Gasteiger partial charge on any atom is 0.306 e. The van der Waals surface area contributed by atoms with Gasteiger partial charge in [0.15, 0.2) is 0 Å². The highest BCUT2D eigenvalue weighted by atomic mass is 79.9. The van der Waals surface area contributed by atoms with Crippen molar-refractivity contribution in [2.24, 2.45) is 13.0 Å². The fraction of sp³-hybridized carbons (Fsp3) is 0.692. The van der Waals surface area contributed by atoms with Crippen molar-refractivity contribution in [2.45, 2.75) is 32.7 Å². The van der Waals surface area contributed by atoms with Crippen LogP contribution in [0.15, 0.2) is 4.47 Å². The van der Waals surface area contributed by atoms with E-state index in [-0.39, 0.29) is 5.92 Å². The van der Waals surface area contributed by atoms with E-state index in [0.717, 1.165) is 49.1 Å². The van der Waals surface area contributed by atoms with E-state index in [0.29, 0.717) is 0 Å². The lowest BCUT2D eigenvalue weighted by Gasteiger charge is -2.29. The highest BCUT2D eigenvalue weighted by Gasteiger charge is 2.25. The van der Waals surface area contributed by atoms with Crippen LogP contribution in [-0.4, -0.2) is 38.8 Å². The van der Waals surface area contributed by atoms with Gasteiger partial charge in [0.05, 0.1) is 21.8 Å². The molecule has 6 heteroatoms. The fourth-order valence-corrected chi connectivity index (χ4v) is 3.28. The summed E-state index contributed by atoms with van der Waals surface area (Å²) in [7, 11) is 1.96. The number of aromatic nitrogens is 2. The van der Waals surface area contributed by atoms with E-state index >= 15 is 0 Å². The number of carbonyl (C=O) groups is 1. The summed E-state index contributed by atoms with van der Waals surface area (Å²) in [5.74, 6) is -0.827. The van der Waals surface area contributed by atoms with Crippen LogP contribution < -0.4 is 0 Å². The van der Waals surface area contributed by atoms with Gasteiger partial charge in [0.25, 0.3) is 0 Å². The molecule has 0 amide bonds. The van der Waals surface area contributed by atoms with Crippen LogP contribution in [-0.2, 0) is 24.8 Å². The van der Waals surface area contributed by atoms with E-state index < -0.39 is 5.97 Å². The molecule has 1 fully saturated rings. The van der Waals surface area contributed by atoms with Gasteiger partial charge in [-0.2, -0.15) is 5.10 Å². The Morgan fingerprint density at radius 2 is 2.11 bits per heavy atom. The molecule has 0 aliphatic carbocycles. The summed E-state index contributed by atoms with van der Waals surface area (Å²) >= 11 is 3.62. The maximum absolute atomic E-state index is 10.9. The van der Waals surface area contributed by atoms with E-state index in [1.165, 1.54) is 5.69 Å². The smallest absolute Gasteiger partial charge is 0.306 e. The van der Waals surface area contributed by atoms with Gasteiger partial charge in [0.2, 0.25) is 0 Å². The third kappa shape index (κ3) is 3.17. The molecule has 19 heavy (non-hydrogen) atoms. The summed E-state index contributed by atoms with van der Waals surface area (Å²) < 4.78 is 3.02. The number of nitrogens with zero attached hydrogens (tertiary/aromatic N) is 3. The Morgan fingerprint density at radius 1 is 1.47 bits per heavy atom. The second-order valence-corrected chi connectivity index (χ2v) is 5.87.